The summed E-state index contributed by atoms with van der Waals surface area (Å²) >= 11 is 0. The molecule has 1 heterocycles. The average molecular weight is 233 g/mol. The Morgan fingerprint density at radius 3 is 2.94 bits per heavy atom. The fourth-order valence-electron chi connectivity index (χ4n) is 2.57. The van der Waals surface area contributed by atoms with Gasteiger partial charge in [0.25, 0.3) is 0 Å². The first-order valence-electron chi connectivity index (χ1n) is 6.16. The molecule has 3 nitrogen and oxygen atoms in total. The van der Waals surface area contributed by atoms with E-state index >= 15 is 0 Å². The lowest BCUT2D eigenvalue weighted by molar-refractivity contribution is -0.136. The van der Waals surface area contributed by atoms with E-state index < -0.39 is 5.97 Å². The van der Waals surface area contributed by atoms with E-state index in [0.29, 0.717) is 18.5 Å². The first-order valence-corrected chi connectivity index (χ1v) is 6.16. The van der Waals surface area contributed by atoms with Crippen LogP contribution in [0.2, 0.25) is 0 Å². The molecule has 3 heteroatoms. The molecule has 92 valence electrons. The summed E-state index contributed by atoms with van der Waals surface area (Å²) in [6.07, 6.45) is 1.86. The fourth-order valence-corrected chi connectivity index (χ4v) is 2.57. The number of nitrogens with one attached hydrogen (secondary N) is 1. The Morgan fingerprint density at radius 1 is 1.47 bits per heavy atom. The maximum atomic E-state index is 10.6. The van der Waals surface area contributed by atoms with E-state index in [1.54, 1.807) is 0 Å². The third-order valence-corrected chi connectivity index (χ3v) is 3.36. The smallest absolute Gasteiger partial charge is 0.303 e. The molecule has 0 spiro atoms. The molecule has 0 aromatic heterocycles. The highest BCUT2D eigenvalue weighted by atomic mass is 16.4. The summed E-state index contributed by atoms with van der Waals surface area (Å²) in [5, 5.41) is 12.2. The highest BCUT2D eigenvalue weighted by molar-refractivity contribution is 5.67. The Labute approximate surface area is 102 Å². The molecule has 0 bridgehead atoms. The molecule has 0 saturated heterocycles. The molecule has 0 aliphatic carbocycles. The number of hydrogen-bond acceptors (Lipinski definition) is 2. The van der Waals surface area contributed by atoms with Gasteiger partial charge in [0.1, 0.15) is 0 Å². The highest BCUT2D eigenvalue weighted by Gasteiger charge is 2.20. The number of fused-ring (bicyclic) bond motifs is 1. The molecule has 17 heavy (non-hydrogen) atoms. The van der Waals surface area contributed by atoms with Gasteiger partial charge in [0.2, 0.25) is 0 Å². The number of aryl methyl sites for hydroxylation is 1. The predicted octanol–water partition coefficient (Wildman–Crippen LogP) is 2.30. The maximum Gasteiger partial charge on any atom is 0.303 e. The summed E-state index contributed by atoms with van der Waals surface area (Å²) < 4.78 is 0. The first-order chi connectivity index (χ1) is 8.06. The van der Waals surface area contributed by atoms with Gasteiger partial charge in [-0.2, -0.15) is 0 Å². The monoisotopic (exact) mass is 233 g/mol. The molecule has 2 rings (SSSR count). The maximum absolute atomic E-state index is 10.6. The highest BCUT2D eigenvalue weighted by Crippen LogP contribution is 2.26. The normalized spacial score (nSPS) is 23.2. The quantitative estimate of drug-likeness (QED) is 0.842. The Balaban J connectivity index is 2.18. The Bertz CT molecular complexity index is 428. The second kappa shape index (κ2) is 4.88. The van der Waals surface area contributed by atoms with Gasteiger partial charge in [-0.1, -0.05) is 18.2 Å². The van der Waals surface area contributed by atoms with Crippen molar-refractivity contribution in [2.24, 2.45) is 0 Å². The Morgan fingerprint density at radius 2 is 2.24 bits per heavy atom. The van der Waals surface area contributed by atoms with Crippen molar-refractivity contribution in [2.45, 2.75) is 45.2 Å². The van der Waals surface area contributed by atoms with Crippen LogP contribution < -0.4 is 5.32 Å². The summed E-state index contributed by atoms with van der Waals surface area (Å²) in [6, 6.07) is 7.24. The van der Waals surface area contributed by atoms with Crippen LogP contribution in [-0.2, 0) is 17.6 Å². The van der Waals surface area contributed by atoms with Crippen molar-refractivity contribution in [2.75, 3.05) is 0 Å². The molecule has 0 saturated carbocycles. The van der Waals surface area contributed by atoms with Crippen LogP contribution in [0.5, 0.6) is 0 Å². The molecule has 0 amide bonds. The van der Waals surface area contributed by atoms with Gasteiger partial charge >= 0.3 is 5.97 Å². The number of carboxylic acid groups (broad SMARTS) is 1. The van der Waals surface area contributed by atoms with Crippen LogP contribution in [0.15, 0.2) is 18.2 Å². The predicted molar refractivity (Wildman–Crippen MR) is 67.1 cm³/mol. The first kappa shape index (κ1) is 12.1. The van der Waals surface area contributed by atoms with E-state index in [-0.39, 0.29) is 6.42 Å². The van der Waals surface area contributed by atoms with Crippen LogP contribution in [0.1, 0.15) is 43.0 Å². The number of carbonyl (C=O) groups is 1. The van der Waals surface area contributed by atoms with E-state index in [2.05, 4.69) is 37.4 Å². The van der Waals surface area contributed by atoms with Gasteiger partial charge in [-0.05, 0) is 43.4 Å². The van der Waals surface area contributed by atoms with Gasteiger partial charge < -0.3 is 10.4 Å². The molecule has 1 aromatic carbocycles. The summed E-state index contributed by atoms with van der Waals surface area (Å²) in [4.78, 5) is 10.6. The molecule has 1 aliphatic rings. The SMILES string of the molecule is CC1Cc2cc(CCC(=O)O)ccc2C(C)N1. The van der Waals surface area contributed by atoms with Crippen molar-refractivity contribution in [1.29, 1.82) is 0 Å². The summed E-state index contributed by atoms with van der Waals surface area (Å²) in [5.74, 6) is -0.730. The second-order valence-electron chi connectivity index (χ2n) is 4.92. The van der Waals surface area contributed by atoms with Gasteiger partial charge in [-0.3, -0.25) is 4.79 Å². The molecule has 1 aliphatic heterocycles. The van der Waals surface area contributed by atoms with Crippen molar-refractivity contribution in [3.8, 4) is 0 Å². The molecule has 2 unspecified atom stereocenters. The number of aliphatic carboxylic acids is 1. The van der Waals surface area contributed by atoms with E-state index in [9.17, 15) is 4.79 Å². The molecular formula is C14H19NO2. The van der Waals surface area contributed by atoms with Crippen LogP contribution in [0.4, 0.5) is 0 Å². The van der Waals surface area contributed by atoms with Crippen LogP contribution >= 0.6 is 0 Å². The molecule has 0 radical (unpaired) electrons. The van der Waals surface area contributed by atoms with Crippen molar-refractivity contribution >= 4 is 5.97 Å². The third-order valence-electron chi connectivity index (χ3n) is 3.36. The second-order valence-corrected chi connectivity index (χ2v) is 4.92. The van der Waals surface area contributed by atoms with Crippen molar-refractivity contribution < 1.29 is 9.90 Å². The van der Waals surface area contributed by atoms with Crippen molar-refractivity contribution in [3.63, 3.8) is 0 Å². The minimum Gasteiger partial charge on any atom is -0.481 e. The molecule has 2 N–H and O–H groups in total. The van der Waals surface area contributed by atoms with E-state index in [1.165, 1.54) is 11.1 Å². The van der Waals surface area contributed by atoms with Gasteiger partial charge in [-0.25, -0.2) is 0 Å². The standard InChI is InChI=1S/C14H19NO2/c1-9-7-12-8-11(4-6-14(16)17)3-5-13(12)10(2)15-9/h3,5,8-10,15H,4,6-7H2,1-2H3,(H,16,17). The third kappa shape index (κ3) is 2.86. The Kier molecular flexibility index (Phi) is 3.48. The van der Waals surface area contributed by atoms with E-state index in [1.807, 2.05) is 0 Å². The van der Waals surface area contributed by atoms with Crippen LogP contribution in [0, 0.1) is 0 Å². The van der Waals surface area contributed by atoms with Crippen molar-refractivity contribution in [1.82, 2.24) is 5.32 Å². The fraction of sp³-hybridized carbons (Fsp3) is 0.500. The zero-order valence-corrected chi connectivity index (χ0v) is 10.4. The van der Waals surface area contributed by atoms with Crippen LogP contribution in [-0.4, -0.2) is 17.1 Å². The number of carboxylic acids is 1. The van der Waals surface area contributed by atoms with Crippen molar-refractivity contribution in [3.05, 3.63) is 34.9 Å². The van der Waals surface area contributed by atoms with Crippen LogP contribution in [0.25, 0.3) is 0 Å². The zero-order valence-electron chi connectivity index (χ0n) is 10.4. The molecular weight excluding hydrogens is 214 g/mol. The number of rotatable bonds is 3. The molecule has 1 aromatic rings. The molecule has 0 fully saturated rings. The lowest BCUT2D eigenvalue weighted by atomic mass is 9.89. The van der Waals surface area contributed by atoms with Crippen LogP contribution in [0.3, 0.4) is 0 Å². The largest absolute Gasteiger partial charge is 0.481 e. The number of benzene rings is 1. The van der Waals surface area contributed by atoms with E-state index in [4.69, 9.17) is 5.11 Å². The zero-order chi connectivity index (χ0) is 12.4. The minimum atomic E-state index is -0.730. The summed E-state index contributed by atoms with van der Waals surface area (Å²) in [5.41, 5.74) is 3.85. The minimum absolute atomic E-state index is 0.210. The topological polar surface area (TPSA) is 49.3 Å². The van der Waals surface area contributed by atoms with Gasteiger partial charge in [-0.15, -0.1) is 0 Å². The lowest BCUT2D eigenvalue weighted by Gasteiger charge is -2.29. The summed E-state index contributed by atoms with van der Waals surface area (Å²) in [7, 11) is 0. The Hall–Kier alpha value is -1.35. The molecule has 2 atom stereocenters. The van der Waals surface area contributed by atoms with Gasteiger partial charge in [0.15, 0.2) is 0 Å². The number of hydrogen-bond donors (Lipinski definition) is 2. The lowest BCUT2D eigenvalue weighted by Crippen LogP contribution is -2.35. The van der Waals surface area contributed by atoms with Gasteiger partial charge in [0.05, 0.1) is 0 Å². The average Bonchev–Trinajstić information content (AvgIpc) is 2.25. The van der Waals surface area contributed by atoms with E-state index in [0.717, 1.165) is 12.0 Å². The summed E-state index contributed by atoms with van der Waals surface area (Å²) in [6.45, 7) is 4.36. The van der Waals surface area contributed by atoms with Gasteiger partial charge in [0, 0.05) is 18.5 Å².